The van der Waals surface area contributed by atoms with Gasteiger partial charge in [-0.1, -0.05) is 0 Å². The van der Waals surface area contributed by atoms with Crippen LogP contribution in [0.5, 0.6) is 0 Å². The summed E-state index contributed by atoms with van der Waals surface area (Å²) >= 11 is 0. The lowest BCUT2D eigenvalue weighted by atomic mass is 10.1. The molecule has 2 N–H and O–H groups in total. The molecule has 0 atom stereocenters. The zero-order valence-corrected chi connectivity index (χ0v) is 13.7. The molecule has 0 spiro atoms. The van der Waals surface area contributed by atoms with E-state index < -0.39 is 25.1 Å². The highest BCUT2D eigenvalue weighted by atomic mass is 32.2. The second-order valence-electron chi connectivity index (χ2n) is 5.39. The number of sulfone groups is 1. The Morgan fingerprint density at radius 1 is 1.09 bits per heavy atom. The number of hydrogen-bond donors (Lipinski definition) is 1. The summed E-state index contributed by atoms with van der Waals surface area (Å²) in [5.74, 6) is -0.243. The number of piperidine rings is 1. The van der Waals surface area contributed by atoms with Crippen LogP contribution >= 0.6 is 0 Å². The normalized spacial score (nSPS) is 17.5. The lowest BCUT2D eigenvalue weighted by Crippen LogP contribution is -2.42. The molecular formula is C13H18N2O5S2. The molecule has 1 fully saturated rings. The first-order chi connectivity index (χ1) is 10.1. The van der Waals surface area contributed by atoms with Crippen molar-refractivity contribution in [2.24, 2.45) is 5.14 Å². The standard InChI is InChI=1S/C13H18N2O5S2/c1-21(17,18)11-6-8-15(9-7-11)13(16)10-2-4-12(5-3-10)22(14,19)20/h2-5,11H,6-9H2,1H3,(H2,14,19,20). The Morgan fingerprint density at radius 2 is 1.59 bits per heavy atom. The number of nitrogens with zero attached hydrogens (tertiary/aromatic N) is 1. The van der Waals surface area contributed by atoms with Gasteiger partial charge < -0.3 is 4.90 Å². The average molecular weight is 346 g/mol. The number of rotatable bonds is 3. The third-order valence-electron chi connectivity index (χ3n) is 3.76. The average Bonchev–Trinajstić information content (AvgIpc) is 2.45. The molecule has 0 aliphatic carbocycles. The zero-order valence-electron chi connectivity index (χ0n) is 12.1. The minimum atomic E-state index is -3.79. The molecule has 0 unspecified atom stereocenters. The molecule has 0 aromatic heterocycles. The number of benzene rings is 1. The van der Waals surface area contributed by atoms with E-state index in [0.29, 0.717) is 31.5 Å². The van der Waals surface area contributed by atoms with E-state index in [1.165, 1.54) is 30.5 Å². The molecule has 122 valence electrons. The fourth-order valence-corrected chi connectivity index (χ4v) is 4.04. The first-order valence-corrected chi connectivity index (χ1v) is 10.2. The summed E-state index contributed by atoms with van der Waals surface area (Å²) in [6.07, 6.45) is 2.04. The van der Waals surface area contributed by atoms with E-state index in [1.807, 2.05) is 0 Å². The van der Waals surface area contributed by atoms with Crippen LogP contribution in [0.15, 0.2) is 29.2 Å². The van der Waals surface area contributed by atoms with E-state index >= 15 is 0 Å². The monoisotopic (exact) mass is 346 g/mol. The maximum atomic E-state index is 12.3. The van der Waals surface area contributed by atoms with Gasteiger partial charge in [-0.3, -0.25) is 4.79 Å². The van der Waals surface area contributed by atoms with E-state index in [-0.39, 0.29) is 10.8 Å². The molecule has 1 heterocycles. The maximum absolute atomic E-state index is 12.3. The number of primary sulfonamides is 1. The van der Waals surface area contributed by atoms with Crippen molar-refractivity contribution in [3.05, 3.63) is 29.8 Å². The number of nitrogens with two attached hydrogens (primary N) is 1. The summed E-state index contributed by atoms with van der Waals surface area (Å²) in [4.78, 5) is 13.8. The fraction of sp³-hybridized carbons (Fsp3) is 0.462. The smallest absolute Gasteiger partial charge is 0.253 e. The Labute approximate surface area is 130 Å². The molecule has 2 rings (SSSR count). The Balaban J connectivity index is 2.07. The quantitative estimate of drug-likeness (QED) is 0.826. The van der Waals surface area contributed by atoms with Crippen molar-refractivity contribution in [3.63, 3.8) is 0 Å². The van der Waals surface area contributed by atoms with Crippen LogP contribution in [-0.2, 0) is 19.9 Å². The SMILES string of the molecule is CS(=O)(=O)C1CCN(C(=O)c2ccc(S(N)(=O)=O)cc2)CC1. The van der Waals surface area contributed by atoms with E-state index in [4.69, 9.17) is 5.14 Å². The molecule has 1 amide bonds. The molecule has 0 radical (unpaired) electrons. The van der Waals surface area contributed by atoms with Crippen LogP contribution in [0.1, 0.15) is 23.2 Å². The summed E-state index contributed by atoms with van der Waals surface area (Å²) in [5.41, 5.74) is 0.352. The highest BCUT2D eigenvalue weighted by Gasteiger charge is 2.29. The lowest BCUT2D eigenvalue weighted by molar-refractivity contribution is 0.0725. The second kappa shape index (κ2) is 5.98. The first kappa shape index (κ1) is 16.9. The van der Waals surface area contributed by atoms with Gasteiger partial charge in [0.1, 0.15) is 9.84 Å². The Hall–Kier alpha value is -1.45. The zero-order chi connectivity index (χ0) is 16.5. The van der Waals surface area contributed by atoms with E-state index in [2.05, 4.69) is 0 Å². The van der Waals surface area contributed by atoms with Gasteiger partial charge in [0.2, 0.25) is 10.0 Å². The molecule has 1 aromatic carbocycles. The topological polar surface area (TPSA) is 115 Å². The van der Waals surface area contributed by atoms with E-state index in [9.17, 15) is 21.6 Å². The predicted octanol–water partition coefficient (Wildman–Crippen LogP) is -0.0168. The van der Waals surface area contributed by atoms with E-state index in [1.54, 1.807) is 4.90 Å². The van der Waals surface area contributed by atoms with Crippen LogP contribution in [-0.4, -0.2) is 52.2 Å². The third kappa shape index (κ3) is 3.84. The van der Waals surface area contributed by atoms with Crippen molar-refractivity contribution in [2.75, 3.05) is 19.3 Å². The molecule has 1 aromatic rings. The summed E-state index contributed by atoms with van der Waals surface area (Å²) in [5, 5.41) is 4.60. The van der Waals surface area contributed by atoms with Crippen LogP contribution < -0.4 is 5.14 Å². The minimum absolute atomic E-state index is 0.0557. The van der Waals surface area contributed by atoms with Crippen LogP contribution in [0.25, 0.3) is 0 Å². The van der Waals surface area contributed by atoms with Crippen molar-refractivity contribution in [1.82, 2.24) is 4.90 Å². The summed E-state index contributed by atoms with van der Waals surface area (Å²) in [7, 11) is -6.87. The van der Waals surface area contributed by atoms with Crippen LogP contribution in [0.2, 0.25) is 0 Å². The molecule has 0 saturated carbocycles. The van der Waals surface area contributed by atoms with Crippen molar-refractivity contribution >= 4 is 25.8 Å². The van der Waals surface area contributed by atoms with Crippen LogP contribution in [0, 0.1) is 0 Å². The molecular weight excluding hydrogens is 328 g/mol. The van der Waals surface area contributed by atoms with Crippen molar-refractivity contribution in [2.45, 2.75) is 23.0 Å². The molecule has 9 heteroatoms. The Kier molecular flexibility index (Phi) is 4.59. The first-order valence-electron chi connectivity index (χ1n) is 6.70. The number of carbonyl (C=O) groups is 1. The predicted molar refractivity (Wildman–Crippen MR) is 81.6 cm³/mol. The molecule has 1 aliphatic heterocycles. The molecule has 1 saturated heterocycles. The number of sulfonamides is 1. The Morgan fingerprint density at radius 3 is 2.00 bits per heavy atom. The Bertz CT molecular complexity index is 761. The third-order valence-corrected chi connectivity index (χ3v) is 6.38. The maximum Gasteiger partial charge on any atom is 0.253 e. The van der Waals surface area contributed by atoms with Gasteiger partial charge in [-0.25, -0.2) is 22.0 Å². The molecule has 7 nitrogen and oxygen atoms in total. The number of carbonyl (C=O) groups excluding carboxylic acids is 1. The van der Waals surface area contributed by atoms with Crippen LogP contribution in [0.3, 0.4) is 0 Å². The highest BCUT2D eigenvalue weighted by molar-refractivity contribution is 7.91. The van der Waals surface area contributed by atoms with Gasteiger partial charge in [-0.2, -0.15) is 0 Å². The second-order valence-corrected chi connectivity index (χ2v) is 9.28. The van der Waals surface area contributed by atoms with Gasteiger partial charge >= 0.3 is 0 Å². The van der Waals surface area contributed by atoms with Crippen molar-refractivity contribution in [3.8, 4) is 0 Å². The highest BCUT2D eigenvalue weighted by Crippen LogP contribution is 2.19. The molecule has 22 heavy (non-hydrogen) atoms. The molecule has 1 aliphatic rings. The minimum Gasteiger partial charge on any atom is -0.339 e. The lowest BCUT2D eigenvalue weighted by Gasteiger charge is -2.31. The summed E-state index contributed by atoms with van der Waals surface area (Å²) in [6, 6.07) is 5.38. The van der Waals surface area contributed by atoms with Gasteiger partial charge in [0.25, 0.3) is 5.91 Å². The van der Waals surface area contributed by atoms with Gasteiger partial charge in [-0.05, 0) is 37.1 Å². The largest absolute Gasteiger partial charge is 0.339 e. The van der Waals surface area contributed by atoms with Crippen LogP contribution in [0.4, 0.5) is 0 Å². The van der Waals surface area contributed by atoms with E-state index in [0.717, 1.165) is 0 Å². The molecule has 0 bridgehead atoms. The van der Waals surface area contributed by atoms with Crippen molar-refractivity contribution in [1.29, 1.82) is 0 Å². The van der Waals surface area contributed by atoms with Gasteiger partial charge in [0.15, 0.2) is 0 Å². The summed E-state index contributed by atoms with van der Waals surface area (Å²) in [6.45, 7) is 0.737. The number of hydrogen-bond acceptors (Lipinski definition) is 5. The number of amides is 1. The fourth-order valence-electron chi connectivity index (χ4n) is 2.46. The number of likely N-dealkylation sites (tertiary alicyclic amines) is 1. The van der Waals surface area contributed by atoms with Gasteiger partial charge in [0.05, 0.1) is 10.1 Å². The van der Waals surface area contributed by atoms with Gasteiger partial charge in [-0.15, -0.1) is 0 Å². The van der Waals surface area contributed by atoms with Gasteiger partial charge in [0, 0.05) is 24.9 Å². The van der Waals surface area contributed by atoms with Crippen molar-refractivity contribution < 1.29 is 21.6 Å². The summed E-state index contributed by atoms with van der Waals surface area (Å²) < 4.78 is 45.3.